The monoisotopic (exact) mass is 354 g/mol. The van der Waals surface area contributed by atoms with E-state index in [1.807, 2.05) is 0 Å². The first-order chi connectivity index (χ1) is 11.2. The largest absolute Gasteiger partial charge is 0.468 e. The van der Waals surface area contributed by atoms with Gasteiger partial charge in [0.1, 0.15) is 17.8 Å². The number of rotatable bonds is 5. The van der Waals surface area contributed by atoms with Crippen molar-refractivity contribution in [1.29, 1.82) is 0 Å². The molecule has 2 unspecified atom stereocenters. The third-order valence-corrected chi connectivity index (χ3v) is 4.15. The van der Waals surface area contributed by atoms with Crippen LogP contribution in [0.5, 0.6) is 0 Å². The van der Waals surface area contributed by atoms with Gasteiger partial charge in [0.05, 0.1) is 12.8 Å². The SMILES string of the molecule is COC(=O)C(c1ccc(F)cc1)C(O)c1ccnc(S(C)(=O)=O)n1. The number of aliphatic hydroxyl groups is 1. The summed E-state index contributed by atoms with van der Waals surface area (Å²) >= 11 is 0. The molecule has 1 aromatic carbocycles. The molecule has 24 heavy (non-hydrogen) atoms. The molecule has 7 nitrogen and oxygen atoms in total. The number of aliphatic hydroxyl groups excluding tert-OH is 1. The Kier molecular flexibility index (Phi) is 5.25. The lowest BCUT2D eigenvalue weighted by Gasteiger charge is -2.21. The van der Waals surface area contributed by atoms with Gasteiger partial charge in [-0.3, -0.25) is 4.79 Å². The zero-order chi connectivity index (χ0) is 17.9. The quantitative estimate of drug-likeness (QED) is 0.631. The minimum atomic E-state index is -3.68. The second-order valence-corrected chi connectivity index (χ2v) is 6.94. The van der Waals surface area contributed by atoms with Gasteiger partial charge in [0.2, 0.25) is 15.0 Å². The maximum atomic E-state index is 13.1. The number of esters is 1. The van der Waals surface area contributed by atoms with Gasteiger partial charge >= 0.3 is 5.97 Å². The van der Waals surface area contributed by atoms with Gasteiger partial charge in [0.25, 0.3) is 0 Å². The van der Waals surface area contributed by atoms with Gasteiger partial charge in [-0.2, -0.15) is 0 Å². The summed E-state index contributed by atoms with van der Waals surface area (Å²) in [6, 6.07) is 6.23. The van der Waals surface area contributed by atoms with E-state index in [-0.39, 0.29) is 5.69 Å². The first kappa shape index (κ1) is 18.0. The molecule has 0 amide bonds. The van der Waals surface area contributed by atoms with E-state index in [0.717, 1.165) is 25.5 Å². The third kappa shape index (κ3) is 3.92. The lowest BCUT2D eigenvalue weighted by molar-refractivity contribution is -0.145. The number of sulfone groups is 1. The van der Waals surface area contributed by atoms with Crippen molar-refractivity contribution in [2.45, 2.75) is 17.2 Å². The average Bonchev–Trinajstić information content (AvgIpc) is 2.55. The number of ether oxygens (including phenoxy) is 1. The van der Waals surface area contributed by atoms with Crippen LogP contribution >= 0.6 is 0 Å². The fourth-order valence-corrected chi connectivity index (χ4v) is 2.64. The zero-order valence-electron chi connectivity index (χ0n) is 12.9. The molecule has 128 valence electrons. The van der Waals surface area contributed by atoms with E-state index in [1.54, 1.807) is 0 Å². The molecule has 0 radical (unpaired) electrons. The van der Waals surface area contributed by atoms with Crippen LogP contribution in [0.4, 0.5) is 4.39 Å². The first-order valence-corrected chi connectivity index (χ1v) is 8.67. The summed E-state index contributed by atoms with van der Waals surface area (Å²) in [5, 5.41) is 10.0. The van der Waals surface area contributed by atoms with E-state index in [0.29, 0.717) is 5.56 Å². The summed E-state index contributed by atoms with van der Waals surface area (Å²) in [4.78, 5) is 19.5. The van der Waals surface area contributed by atoms with E-state index in [2.05, 4.69) is 14.7 Å². The van der Waals surface area contributed by atoms with Crippen LogP contribution in [0.3, 0.4) is 0 Å². The molecule has 0 spiro atoms. The topological polar surface area (TPSA) is 106 Å². The molecule has 0 aliphatic heterocycles. The van der Waals surface area contributed by atoms with Crippen LogP contribution in [0.25, 0.3) is 0 Å². The van der Waals surface area contributed by atoms with Crippen molar-refractivity contribution in [3.8, 4) is 0 Å². The highest BCUT2D eigenvalue weighted by molar-refractivity contribution is 7.90. The van der Waals surface area contributed by atoms with Crippen LogP contribution in [0.1, 0.15) is 23.3 Å². The van der Waals surface area contributed by atoms with Crippen molar-refractivity contribution in [2.75, 3.05) is 13.4 Å². The van der Waals surface area contributed by atoms with Crippen LogP contribution in [0, 0.1) is 5.82 Å². The number of carbonyl (C=O) groups excluding carboxylic acids is 1. The van der Waals surface area contributed by atoms with Crippen molar-refractivity contribution in [2.24, 2.45) is 0 Å². The van der Waals surface area contributed by atoms with Gasteiger partial charge in [-0.05, 0) is 23.8 Å². The van der Waals surface area contributed by atoms with Crippen LogP contribution < -0.4 is 0 Å². The highest BCUT2D eigenvalue weighted by atomic mass is 32.2. The molecule has 0 saturated carbocycles. The highest BCUT2D eigenvalue weighted by Crippen LogP contribution is 2.31. The third-order valence-electron chi connectivity index (χ3n) is 3.29. The van der Waals surface area contributed by atoms with Gasteiger partial charge < -0.3 is 9.84 Å². The molecule has 2 rings (SSSR count). The van der Waals surface area contributed by atoms with Crippen molar-refractivity contribution < 1.29 is 27.4 Å². The Balaban J connectivity index is 2.47. The Morgan fingerprint density at radius 3 is 2.42 bits per heavy atom. The first-order valence-electron chi connectivity index (χ1n) is 6.78. The molecule has 2 atom stereocenters. The number of nitrogens with zero attached hydrogens (tertiary/aromatic N) is 2. The van der Waals surface area contributed by atoms with Gasteiger partial charge in [-0.15, -0.1) is 0 Å². The number of benzene rings is 1. The molecular formula is C15H15FN2O5S. The highest BCUT2D eigenvalue weighted by Gasteiger charge is 2.32. The van der Waals surface area contributed by atoms with Crippen molar-refractivity contribution >= 4 is 15.8 Å². The van der Waals surface area contributed by atoms with Gasteiger partial charge in [0, 0.05) is 12.5 Å². The van der Waals surface area contributed by atoms with E-state index >= 15 is 0 Å². The summed E-state index contributed by atoms with van der Waals surface area (Å²) in [6.45, 7) is 0. The molecule has 0 fully saturated rings. The number of hydrogen-bond acceptors (Lipinski definition) is 7. The maximum Gasteiger partial charge on any atom is 0.316 e. The van der Waals surface area contributed by atoms with Crippen molar-refractivity contribution in [1.82, 2.24) is 9.97 Å². The summed E-state index contributed by atoms with van der Waals surface area (Å²) in [5.41, 5.74) is 0.236. The van der Waals surface area contributed by atoms with E-state index < -0.39 is 38.8 Å². The molecular weight excluding hydrogens is 339 g/mol. The number of hydrogen-bond donors (Lipinski definition) is 1. The summed E-state index contributed by atoms with van der Waals surface area (Å²) in [6.07, 6.45) is 0.600. The van der Waals surface area contributed by atoms with Crippen LogP contribution in [0.2, 0.25) is 0 Å². The Morgan fingerprint density at radius 1 is 1.25 bits per heavy atom. The Morgan fingerprint density at radius 2 is 1.88 bits per heavy atom. The smallest absolute Gasteiger partial charge is 0.316 e. The minimum absolute atomic E-state index is 0.0647. The van der Waals surface area contributed by atoms with Crippen molar-refractivity contribution in [3.05, 3.63) is 53.6 Å². The Labute approximate surface area is 138 Å². The number of halogens is 1. The zero-order valence-corrected chi connectivity index (χ0v) is 13.7. The fourth-order valence-electron chi connectivity index (χ4n) is 2.11. The second kappa shape index (κ2) is 7.02. The molecule has 1 heterocycles. The molecule has 0 aliphatic rings. The fraction of sp³-hybridized carbons (Fsp3) is 0.267. The van der Waals surface area contributed by atoms with Crippen LogP contribution in [-0.2, 0) is 19.4 Å². The molecule has 9 heteroatoms. The maximum absolute atomic E-state index is 13.1. The Hall–Kier alpha value is -2.39. The number of aromatic nitrogens is 2. The average molecular weight is 354 g/mol. The van der Waals surface area contributed by atoms with Gasteiger partial charge in [0.15, 0.2) is 0 Å². The Bertz CT molecular complexity index is 839. The lowest BCUT2D eigenvalue weighted by atomic mass is 9.91. The van der Waals surface area contributed by atoms with E-state index in [4.69, 9.17) is 0 Å². The predicted molar refractivity (Wildman–Crippen MR) is 81.3 cm³/mol. The summed E-state index contributed by atoms with van der Waals surface area (Å²) in [7, 11) is -2.53. The molecule has 1 N–H and O–H groups in total. The van der Waals surface area contributed by atoms with Gasteiger partial charge in [-0.1, -0.05) is 12.1 Å². The summed E-state index contributed by atoms with van der Waals surface area (Å²) < 4.78 is 40.8. The second-order valence-electron chi connectivity index (χ2n) is 5.03. The predicted octanol–water partition coefficient (Wildman–Crippen LogP) is 1.01. The molecule has 2 aromatic rings. The van der Waals surface area contributed by atoms with Crippen LogP contribution in [-0.4, -0.2) is 42.8 Å². The normalized spacial score (nSPS) is 14.0. The van der Waals surface area contributed by atoms with E-state index in [9.17, 15) is 22.7 Å². The molecule has 0 saturated heterocycles. The number of methoxy groups -OCH3 is 1. The van der Waals surface area contributed by atoms with Gasteiger partial charge in [-0.25, -0.2) is 22.8 Å². The van der Waals surface area contributed by atoms with E-state index in [1.165, 1.54) is 24.4 Å². The minimum Gasteiger partial charge on any atom is -0.468 e. The molecule has 0 bridgehead atoms. The molecule has 0 aliphatic carbocycles. The van der Waals surface area contributed by atoms with Crippen molar-refractivity contribution in [3.63, 3.8) is 0 Å². The lowest BCUT2D eigenvalue weighted by Crippen LogP contribution is -2.23. The molecule has 1 aromatic heterocycles. The standard InChI is InChI=1S/C15H15FN2O5S/c1-23-14(20)12(9-3-5-10(16)6-4-9)13(19)11-7-8-17-15(18-11)24(2,21)22/h3-8,12-13,19H,1-2H3. The summed E-state index contributed by atoms with van der Waals surface area (Å²) in [5.74, 6) is -2.47. The van der Waals surface area contributed by atoms with Crippen LogP contribution in [0.15, 0.2) is 41.7 Å². The number of carbonyl (C=O) groups is 1.